The fraction of sp³-hybridized carbons (Fsp3) is 0. The third-order valence-electron chi connectivity index (χ3n) is 2.62. The van der Waals surface area contributed by atoms with Crippen LogP contribution in [0, 0.1) is 9.39 Å². The van der Waals surface area contributed by atoms with Gasteiger partial charge in [-0.1, -0.05) is 0 Å². The Kier molecular flexibility index (Phi) is 3.54. The van der Waals surface area contributed by atoms with Crippen LogP contribution in [0.5, 0.6) is 0 Å². The van der Waals surface area contributed by atoms with Crippen molar-refractivity contribution in [2.45, 2.75) is 0 Å². The number of halogens is 2. The summed E-state index contributed by atoms with van der Waals surface area (Å²) in [7, 11) is 0. The molecule has 0 saturated heterocycles. The fourth-order valence-electron chi connectivity index (χ4n) is 1.71. The Bertz CT molecular complexity index is 731. The molecule has 0 radical (unpaired) electrons. The summed E-state index contributed by atoms with van der Waals surface area (Å²) in [5.41, 5.74) is 1.70. The van der Waals surface area contributed by atoms with Crippen molar-refractivity contribution in [1.82, 2.24) is 25.6 Å². The third kappa shape index (κ3) is 2.59. The molecule has 0 aliphatic carbocycles. The van der Waals surface area contributed by atoms with E-state index in [-0.39, 0.29) is 5.82 Å². The van der Waals surface area contributed by atoms with E-state index in [1.807, 2.05) is 6.07 Å². The van der Waals surface area contributed by atoms with Crippen LogP contribution in [0.1, 0.15) is 0 Å². The van der Waals surface area contributed by atoms with E-state index < -0.39 is 0 Å². The minimum absolute atomic E-state index is 0.331. The molecule has 0 atom stereocenters. The van der Waals surface area contributed by atoms with Gasteiger partial charge in [0.1, 0.15) is 5.82 Å². The second-order valence-corrected chi connectivity index (χ2v) is 5.17. The lowest BCUT2D eigenvalue weighted by Gasteiger charge is -2.10. The van der Waals surface area contributed by atoms with Crippen molar-refractivity contribution in [3.05, 3.63) is 46.0 Å². The Morgan fingerprint density at radius 2 is 2.10 bits per heavy atom. The molecule has 0 amide bonds. The lowest BCUT2D eigenvalue weighted by atomic mass is 10.2. The zero-order valence-electron chi connectivity index (χ0n) is 10.0. The number of hydrogen-bond donors (Lipinski definition) is 2. The first-order chi connectivity index (χ1) is 9.74. The second kappa shape index (κ2) is 5.49. The molecule has 0 fully saturated rings. The van der Waals surface area contributed by atoms with E-state index >= 15 is 0 Å². The molecule has 0 bridgehead atoms. The molecular weight excluding hydrogens is 374 g/mol. The number of tetrazole rings is 1. The van der Waals surface area contributed by atoms with E-state index in [2.05, 4.69) is 53.5 Å². The molecule has 100 valence electrons. The Morgan fingerprint density at radius 3 is 2.85 bits per heavy atom. The molecule has 0 aliphatic heterocycles. The minimum Gasteiger partial charge on any atom is -0.351 e. The Hall–Kier alpha value is -2.10. The monoisotopic (exact) mass is 382 g/mol. The van der Waals surface area contributed by atoms with Crippen LogP contribution in [0.2, 0.25) is 0 Å². The summed E-state index contributed by atoms with van der Waals surface area (Å²) in [4.78, 5) is 4.03. The molecule has 2 N–H and O–H groups in total. The molecular formula is C12H8FIN6. The molecule has 3 rings (SSSR count). The highest BCUT2D eigenvalue weighted by molar-refractivity contribution is 14.1. The van der Waals surface area contributed by atoms with Crippen LogP contribution in [0.4, 0.5) is 15.8 Å². The van der Waals surface area contributed by atoms with Gasteiger partial charge in [-0.2, -0.15) is 0 Å². The van der Waals surface area contributed by atoms with E-state index in [9.17, 15) is 4.39 Å². The summed E-state index contributed by atoms with van der Waals surface area (Å²) in [5, 5.41) is 16.6. The molecule has 0 aliphatic rings. The largest absolute Gasteiger partial charge is 0.351 e. The van der Waals surface area contributed by atoms with E-state index in [1.54, 1.807) is 24.5 Å². The number of aromatic amines is 1. The highest BCUT2D eigenvalue weighted by atomic mass is 127. The van der Waals surface area contributed by atoms with Gasteiger partial charge in [0.2, 0.25) is 0 Å². The van der Waals surface area contributed by atoms with Crippen LogP contribution in [0.25, 0.3) is 11.4 Å². The average Bonchev–Trinajstić information content (AvgIpc) is 2.96. The summed E-state index contributed by atoms with van der Waals surface area (Å²) < 4.78 is 14.7. The van der Waals surface area contributed by atoms with Crippen LogP contribution in [0.15, 0.2) is 36.7 Å². The lowest BCUT2D eigenvalue weighted by Crippen LogP contribution is -1.98. The first-order valence-electron chi connectivity index (χ1n) is 5.64. The maximum atomic E-state index is 13.9. The van der Waals surface area contributed by atoms with Gasteiger partial charge < -0.3 is 5.32 Å². The van der Waals surface area contributed by atoms with Crippen molar-refractivity contribution >= 4 is 34.0 Å². The van der Waals surface area contributed by atoms with E-state index in [0.717, 1.165) is 3.57 Å². The van der Waals surface area contributed by atoms with Crippen molar-refractivity contribution in [2.24, 2.45) is 0 Å². The van der Waals surface area contributed by atoms with Gasteiger partial charge in [-0.3, -0.25) is 4.98 Å². The van der Waals surface area contributed by atoms with Crippen molar-refractivity contribution < 1.29 is 4.39 Å². The molecule has 0 spiro atoms. The van der Waals surface area contributed by atoms with Gasteiger partial charge in [0.05, 0.1) is 17.6 Å². The molecule has 2 heterocycles. The third-order valence-corrected chi connectivity index (χ3v) is 3.29. The summed E-state index contributed by atoms with van der Waals surface area (Å²) in [6.45, 7) is 0. The van der Waals surface area contributed by atoms with Crippen LogP contribution in [-0.4, -0.2) is 25.6 Å². The summed E-state index contributed by atoms with van der Waals surface area (Å²) in [6, 6.07) is 6.69. The summed E-state index contributed by atoms with van der Waals surface area (Å²) >= 11 is 2.06. The van der Waals surface area contributed by atoms with Crippen LogP contribution < -0.4 is 5.32 Å². The van der Waals surface area contributed by atoms with Gasteiger partial charge in [-0.15, -0.1) is 5.10 Å². The molecule has 3 aromatic rings. The average molecular weight is 382 g/mol. The zero-order chi connectivity index (χ0) is 13.9. The highest BCUT2D eigenvalue weighted by Crippen LogP contribution is 2.28. The van der Waals surface area contributed by atoms with E-state index in [4.69, 9.17) is 0 Å². The van der Waals surface area contributed by atoms with Gasteiger partial charge in [0.15, 0.2) is 5.82 Å². The number of nitrogens with zero attached hydrogens (tertiary/aromatic N) is 4. The van der Waals surface area contributed by atoms with Crippen molar-refractivity contribution in [2.75, 3.05) is 5.32 Å². The number of aromatic nitrogens is 5. The Labute approximate surface area is 127 Å². The topological polar surface area (TPSA) is 79.4 Å². The molecule has 0 unspecified atom stereocenters. The zero-order valence-corrected chi connectivity index (χ0v) is 12.2. The minimum atomic E-state index is -0.331. The number of rotatable bonds is 3. The highest BCUT2D eigenvalue weighted by Gasteiger charge is 2.10. The summed E-state index contributed by atoms with van der Waals surface area (Å²) in [6.07, 6.45) is 3.21. The first-order valence-corrected chi connectivity index (χ1v) is 6.72. The maximum Gasteiger partial charge on any atom is 0.181 e. The molecule has 6 nitrogen and oxygen atoms in total. The Balaban J connectivity index is 1.99. The number of hydrogen-bond acceptors (Lipinski definition) is 5. The SMILES string of the molecule is Fc1cc(I)ccc1Nc1cnccc1-c1nnn[nH]1. The van der Waals surface area contributed by atoms with Gasteiger partial charge >= 0.3 is 0 Å². The lowest BCUT2D eigenvalue weighted by molar-refractivity contribution is 0.631. The number of benzene rings is 1. The van der Waals surface area contributed by atoms with Crippen LogP contribution in [-0.2, 0) is 0 Å². The standard InChI is InChI=1S/C12H8FIN6/c13-9-5-7(14)1-2-10(9)16-11-6-15-4-3-8(11)12-17-19-20-18-12/h1-6,16H,(H,17,18,19,20). The number of H-pyrrole nitrogens is 1. The molecule has 20 heavy (non-hydrogen) atoms. The van der Waals surface area contributed by atoms with Crippen molar-refractivity contribution in [3.8, 4) is 11.4 Å². The second-order valence-electron chi connectivity index (χ2n) is 3.92. The van der Waals surface area contributed by atoms with E-state index in [1.165, 1.54) is 6.07 Å². The van der Waals surface area contributed by atoms with Crippen molar-refractivity contribution in [1.29, 1.82) is 0 Å². The van der Waals surface area contributed by atoms with Crippen molar-refractivity contribution in [3.63, 3.8) is 0 Å². The number of nitrogens with one attached hydrogen (secondary N) is 2. The fourth-order valence-corrected chi connectivity index (χ4v) is 2.16. The quantitative estimate of drug-likeness (QED) is 0.682. The Morgan fingerprint density at radius 1 is 1.20 bits per heavy atom. The number of pyridine rings is 1. The predicted molar refractivity (Wildman–Crippen MR) is 79.8 cm³/mol. The van der Waals surface area contributed by atoms with Crippen LogP contribution >= 0.6 is 22.6 Å². The smallest absolute Gasteiger partial charge is 0.181 e. The normalized spacial score (nSPS) is 10.5. The number of anilines is 2. The van der Waals surface area contributed by atoms with Gasteiger partial charge in [-0.25, -0.2) is 9.49 Å². The maximum absolute atomic E-state index is 13.9. The van der Waals surface area contributed by atoms with E-state index in [0.29, 0.717) is 22.8 Å². The molecule has 1 aromatic carbocycles. The van der Waals surface area contributed by atoms with Gasteiger partial charge in [-0.05, 0) is 57.3 Å². The van der Waals surface area contributed by atoms with Crippen LogP contribution in [0.3, 0.4) is 0 Å². The summed E-state index contributed by atoms with van der Waals surface area (Å²) in [5.74, 6) is 0.156. The molecule has 2 aromatic heterocycles. The van der Waals surface area contributed by atoms with Gasteiger partial charge in [0, 0.05) is 15.3 Å². The molecule has 0 saturated carbocycles. The predicted octanol–water partition coefficient (Wildman–Crippen LogP) is 2.75. The van der Waals surface area contributed by atoms with Gasteiger partial charge in [0.25, 0.3) is 0 Å². The molecule has 8 heteroatoms. The first kappa shape index (κ1) is 12.9.